The first-order valence-corrected chi connectivity index (χ1v) is 7.96. The molecule has 1 saturated heterocycles. The van der Waals surface area contributed by atoms with Gasteiger partial charge in [-0.15, -0.1) is 0 Å². The highest BCUT2D eigenvalue weighted by molar-refractivity contribution is 5.23. The van der Waals surface area contributed by atoms with Gasteiger partial charge in [-0.1, -0.05) is 29.8 Å². The van der Waals surface area contributed by atoms with E-state index in [4.69, 9.17) is 4.74 Å². The van der Waals surface area contributed by atoms with Gasteiger partial charge in [0.2, 0.25) is 0 Å². The van der Waals surface area contributed by atoms with Crippen molar-refractivity contribution in [1.82, 2.24) is 14.9 Å². The second-order valence-electron chi connectivity index (χ2n) is 6.31. The van der Waals surface area contributed by atoms with Crippen LogP contribution in [0.25, 0.3) is 0 Å². The summed E-state index contributed by atoms with van der Waals surface area (Å²) in [7, 11) is 0. The first-order chi connectivity index (χ1) is 11.2. The Balaban J connectivity index is 1.69. The minimum Gasteiger partial charge on any atom is -0.393 e. The molecule has 1 aromatic carbocycles. The van der Waals surface area contributed by atoms with Crippen molar-refractivity contribution in [3.8, 4) is 0 Å². The van der Waals surface area contributed by atoms with Gasteiger partial charge in [0.15, 0.2) is 0 Å². The minimum absolute atomic E-state index is 0.0165. The van der Waals surface area contributed by atoms with E-state index in [-0.39, 0.29) is 6.61 Å². The maximum atomic E-state index is 9.96. The number of hydrogen-bond acceptors (Lipinski definition) is 5. The summed E-state index contributed by atoms with van der Waals surface area (Å²) in [5.41, 5.74) is 2.97. The molecule has 3 rings (SSSR count). The second kappa shape index (κ2) is 7.17. The highest BCUT2D eigenvalue weighted by Crippen LogP contribution is 2.24. The van der Waals surface area contributed by atoms with Crippen molar-refractivity contribution in [2.24, 2.45) is 0 Å². The summed E-state index contributed by atoms with van der Waals surface area (Å²) < 4.78 is 5.99. The van der Waals surface area contributed by atoms with Crippen molar-refractivity contribution in [1.29, 1.82) is 0 Å². The van der Waals surface area contributed by atoms with Crippen molar-refractivity contribution < 1.29 is 9.84 Å². The average molecular weight is 313 g/mol. The van der Waals surface area contributed by atoms with Gasteiger partial charge in [0, 0.05) is 44.0 Å². The number of benzene rings is 1. The van der Waals surface area contributed by atoms with Gasteiger partial charge in [-0.2, -0.15) is 0 Å². The number of hydrogen-bond donors (Lipinski definition) is 1. The summed E-state index contributed by atoms with van der Waals surface area (Å²) >= 11 is 0. The zero-order valence-corrected chi connectivity index (χ0v) is 13.5. The van der Waals surface area contributed by atoms with Gasteiger partial charge in [0.25, 0.3) is 0 Å². The molecule has 1 fully saturated rings. The first kappa shape index (κ1) is 16.1. The van der Waals surface area contributed by atoms with E-state index < -0.39 is 5.60 Å². The molecule has 5 heteroatoms. The average Bonchev–Trinajstić information content (AvgIpc) is 2.58. The fourth-order valence-corrected chi connectivity index (χ4v) is 3.06. The van der Waals surface area contributed by atoms with Crippen LogP contribution >= 0.6 is 0 Å². The zero-order valence-electron chi connectivity index (χ0n) is 13.5. The summed E-state index contributed by atoms with van der Waals surface area (Å²) in [5.74, 6) is 0. The third kappa shape index (κ3) is 4.13. The predicted molar refractivity (Wildman–Crippen MR) is 88.0 cm³/mol. The molecule has 1 aliphatic rings. The molecule has 1 N–H and O–H groups in total. The highest BCUT2D eigenvalue weighted by Gasteiger charge is 2.36. The van der Waals surface area contributed by atoms with Gasteiger partial charge in [0.05, 0.1) is 13.2 Å². The Kier molecular flexibility index (Phi) is 5.00. The van der Waals surface area contributed by atoms with Crippen LogP contribution in [-0.4, -0.2) is 51.9 Å². The third-order valence-corrected chi connectivity index (χ3v) is 4.28. The van der Waals surface area contributed by atoms with Gasteiger partial charge < -0.3 is 9.84 Å². The van der Waals surface area contributed by atoms with Gasteiger partial charge in [-0.3, -0.25) is 4.90 Å². The lowest BCUT2D eigenvalue weighted by atomic mass is 9.92. The lowest BCUT2D eigenvalue weighted by Gasteiger charge is -2.42. The van der Waals surface area contributed by atoms with E-state index in [1.54, 1.807) is 0 Å². The molecular formula is C18H23N3O2. The Morgan fingerprint density at radius 3 is 2.61 bits per heavy atom. The van der Waals surface area contributed by atoms with Gasteiger partial charge in [-0.05, 0) is 12.5 Å². The third-order valence-electron chi connectivity index (χ3n) is 4.28. The molecule has 122 valence electrons. The smallest absolute Gasteiger partial charge is 0.115 e. The number of nitrogens with zero attached hydrogens (tertiary/aromatic N) is 3. The number of aliphatic hydroxyl groups excluding tert-OH is 1. The van der Waals surface area contributed by atoms with Crippen LogP contribution in [0.5, 0.6) is 0 Å². The summed E-state index contributed by atoms with van der Waals surface area (Å²) in [6, 6.07) is 8.42. The van der Waals surface area contributed by atoms with Gasteiger partial charge >= 0.3 is 0 Å². The Bertz CT molecular complexity index is 618. The first-order valence-electron chi connectivity index (χ1n) is 7.96. The molecular weight excluding hydrogens is 290 g/mol. The molecule has 2 heterocycles. The maximum Gasteiger partial charge on any atom is 0.115 e. The summed E-state index contributed by atoms with van der Waals surface area (Å²) in [6.45, 7) is 5.05. The molecule has 0 radical (unpaired) electrons. The Labute approximate surface area is 137 Å². The van der Waals surface area contributed by atoms with E-state index in [0.29, 0.717) is 19.6 Å². The fourth-order valence-electron chi connectivity index (χ4n) is 3.06. The second-order valence-corrected chi connectivity index (χ2v) is 6.31. The summed E-state index contributed by atoms with van der Waals surface area (Å²) in [5, 5.41) is 9.96. The molecule has 1 aromatic heterocycles. The maximum absolute atomic E-state index is 9.96. The largest absolute Gasteiger partial charge is 0.393 e. The van der Waals surface area contributed by atoms with Crippen molar-refractivity contribution in [3.63, 3.8) is 0 Å². The van der Waals surface area contributed by atoms with E-state index in [2.05, 4.69) is 46.1 Å². The molecule has 23 heavy (non-hydrogen) atoms. The van der Waals surface area contributed by atoms with Crippen LogP contribution in [0.15, 0.2) is 43.0 Å². The molecule has 0 spiro atoms. The van der Waals surface area contributed by atoms with Crippen LogP contribution in [-0.2, 0) is 17.7 Å². The van der Waals surface area contributed by atoms with Crippen LogP contribution in [0.1, 0.15) is 16.7 Å². The van der Waals surface area contributed by atoms with Crippen LogP contribution < -0.4 is 0 Å². The summed E-state index contributed by atoms with van der Waals surface area (Å²) in [4.78, 5) is 10.4. The van der Waals surface area contributed by atoms with Gasteiger partial charge in [0.1, 0.15) is 11.9 Å². The molecule has 1 atom stereocenters. The monoisotopic (exact) mass is 313 g/mol. The number of rotatable bonds is 5. The number of aliphatic hydroxyl groups is 1. The Morgan fingerprint density at radius 1 is 1.17 bits per heavy atom. The topological polar surface area (TPSA) is 58.5 Å². The van der Waals surface area contributed by atoms with Crippen molar-refractivity contribution in [2.45, 2.75) is 25.5 Å². The Morgan fingerprint density at radius 2 is 1.91 bits per heavy atom. The highest BCUT2D eigenvalue weighted by atomic mass is 16.5. The van der Waals surface area contributed by atoms with Crippen LogP contribution in [0.2, 0.25) is 0 Å². The van der Waals surface area contributed by atoms with E-state index >= 15 is 0 Å². The van der Waals surface area contributed by atoms with Crippen LogP contribution in [0.4, 0.5) is 0 Å². The SMILES string of the molecule is Cc1ccc(C[C@@]2(CO)CN(Cc3cncnc3)CCO2)cc1. The number of morpholine rings is 1. The van der Waals surface area contributed by atoms with Crippen LogP contribution in [0.3, 0.4) is 0 Å². The number of ether oxygens (including phenoxy) is 1. The lowest BCUT2D eigenvalue weighted by molar-refractivity contribution is -0.134. The number of aromatic nitrogens is 2. The fraction of sp³-hybridized carbons (Fsp3) is 0.444. The molecule has 1 aliphatic heterocycles. The van der Waals surface area contributed by atoms with Crippen molar-refractivity contribution >= 4 is 0 Å². The zero-order chi connectivity index (χ0) is 16.1. The van der Waals surface area contributed by atoms with Crippen molar-refractivity contribution in [2.75, 3.05) is 26.3 Å². The molecule has 0 aliphatic carbocycles. The molecule has 0 bridgehead atoms. The molecule has 5 nitrogen and oxygen atoms in total. The van der Waals surface area contributed by atoms with Crippen LogP contribution in [0, 0.1) is 6.92 Å². The normalized spacial score (nSPS) is 22.2. The van der Waals surface area contributed by atoms with Gasteiger partial charge in [-0.25, -0.2) is 9.97 Å². The minimum atomic E-state index is -0.539. The van der Waals surface area contributed by atoms with E-state index in [1.165, 1.54) is 17.5 Å². The Hall–Kier alpha value is -1.82. The predicted octanol–water partition coefficient (Wildman–Crippen LogP) is 1.59. The van der Waals surface area contributed by atoms with E-state index in [1.807, 2.05) is 12.4 Å². The molecule has 0 saturated carbocycles. The lowest BCUT2D eigenvalue weighted by Crippen LogP contribution is -2.55. The molecule has 0 unspecified atom stereocenters. The molecule has 2 aromatic rings. The van der Waals surface area contributed by atoms with E-state index in [9.17, 15) is 5.11 Å². The standard InChI is InChI=1S/C18H23N3O2/c1-15-2-4-16(5-3-15)8-18(13-22)12-21(6-7-23-18)11-17-9-19-14-20-10-17/h2-5,9-10,14,22H,6-8,11-13H2,1H3/t18-/m0/s1. The quantitative estimate of drug-likeness (QED) is 0.908. The summed E-state index contributed by atoms with van der Waals surface area (Å²) in [6.07, 6.45) is 5.93. The molecule has 0 amide bonds. The number of aryl methyl sites for hydroxylation is 1. The van der Waals surface area contributed by atoms with E-state index in [0.717, 1.165) is 18.7 Å². The van der Waals surface area contributed by atoms with Crippen molar-refractivity contribution in [3.05, 3.63) is 59.7 Å².